The van der Waals surface area contributed by atoms with Crippen molar-refractivity contribution >= 4 is 74.3 Å². The minimum Gasteiger partial charge on any atom is -0.495 e. The average Bonchev–Trinajstić information content (AvgIpc) is 3.59. The molecule has 0 saturated carbocycles. The highest BCUT2D eigenvalue weighted by Gasteiger charge is 2.43. The third-order valence-electron chi connectivity index (χ3n) is 7.77. The fourth-order valence-electron chi connectivity index (χ4n) is 5.68. The van der Waals surface area contributed by atoms with Crippen molar-refractivity contribution in [1.29, 1.82) is 0 Å². The normalized spacial score (nSPS) is 18.8. The van der Waals surface area contributed by atoms with E-state index in [1.54, 1.807) is 61.7 Å². The summed E-state index contributed by atoms with van der Waals surface area (Å²) in [7, 11) is -2.79. The summed E-state index contributed by atoms with van der Waals surface area (Å²) in [5.74, 6) is 0.651. The average molecular weight is 749 g/mol. The number of ether oxygens (including phenoxy) is 2. The summed E-state index contributed by atoms with van der Waals surface area (Å²) in [4.78, 5) is 2.07. The maximum Gasteiger partial charge on any atom is 0.265 e. The van der Waals surface area contributed by atoms with E-state index in [0.717, 1.165) is 16.5 Å². The Balaban J connectivity index is 0.000000303. The molecular formula is C30H35Cl2N3O9S3. The first-order valence-corrected chi connectivity index (χ1v) is 19.7. The van der Waals surface area contributed by atoms with Crippen molar-refractivity contribution in [1.82, 2.24) is 5.32 Å². The van der Waals surface area contributed by atoms with E-state index >= 15 is 0 Å². The van der Waals surface area contributed by atoms with E-state index in [9.17, 15) is 25.3 Å². The largest absolute Gasteiger partial charge is 0.495 e. The molecule has 0 spiro atoms. The lowest BCUT2D eigenvalue weighted by atomic mass is 10.1. The molecule has 0 amide bonds. The number of benzene rings is 3. The number of piperazine rings is 1. The van der Waals surface area contributed by atoms with Crippen molar-refractivity contribution in [3.8, 4) is 11.5 Å². The highest BCUT2D eigenvalue weighted by Crippen LogP contribution is 2.37. The molecule has 4 aromatic rings. The van der Waals surface area contributed by atoms with Crippen LogP contribution >= 0.6 is 23.1 Å². The number of sulfonamides is 1. The molecule has 1 aromatic heterocycles. The molecule has 2 unspecified atom stereocenters. The number of hydrogen-bond donors (Lipinski definition) is 2. The fourth-order valence-corrected chi connectivity index (χ4v) is 10.0. The number of sulfone groups is 1. The SMILES string of the molecule is COc1ccc(C)cc1S(=O)(=O)Cl.COc1ccc(C)cc1S(=O)(=O)Nc1cc(N2CCNC3CS(=O)(=O)CC32)c2occc2c1.Cl. The Bertz CT molecular complexity index is 2100. The first kappa shape index (κ1) is 36.6. The Morgan fingerprint density at radius 3 is 2.15 bits per heavy atom. The van der Waals surface area contributed by atoms with E-state index in [1.807, 2.05) is 11.8 Å². The fraction of sp³-hybridized carbons (Fsp3) is 0.333. The lowest BCUT2D eigenvalue weighted by Crippen LogP contribution is -2.57. The van der Waals surface area contributed by atoms with Crippen LogP contribution in [0, 0.1) is 13.8 Å². The van der Waals surface area contributed by atoms with Crippen molar-refractivity contribution in [3.05, 3.63) is 72.0 Å². The minimum atomic E-state index is -3.95. The highest BCUT2D eigenvalue weighted by atomic mass is 35.7. The van der Waals surface area contributed by atoms with Gasteiger partial charge in [0.15, 0.2) is 15.4 Å². The summed E-state index contributed by atoms with van der Waals surface area (Å²) in [5.41, 5.74) is 3.23. The monoisotopic (exact) mass is 747 g/mol. The zero-order chi connectivity index (χ0) is 33.4. The molecule has 2 fully saturated rings. The number of rotatable bonds is 7. The number of aryl methyl sites for hydroxylation is 2. The molecule has 3 heterocycles. The quantitative estimate of drug-likeness (QED) is 0.257. The second-order valence-corrected chi connectivity index (χ2v) is 17.4. The summed E-state index contributed by atoms with van der Waals surface area (Å²) in [6.45, 7) is 4.79. The summed E-state index contributed by atoms with van der Waals surface area (Å²) < 4.78 is 91.7. The summed E-state index contributed by atoms with van der Waals surface area (Å²) in [6, 6.07) is 14.5. The molecule has 2 N–H and O–H groups in total. The Labute approximate surface area is 285 Å². The predicted molar refractivity (Wildman–Crippen MR) is 184 cm³/mol. The third-order valence-corrected chi connectivity index (χ3v) is 12.2. The van der Waals surface area contributed by atoms with Gasteiger partial charge in [0.1, 0.15) is 21.3 Å². The molecule has 0 aliphatic carbocycles. The van der Waals surface area contributed by atoms with Crippen molar-refractivity contribution in [2.24, 2.45) is 0 Å². The van der Waals surface area contributed by atoms with Crippen LogP contribution in [0.5, 0.6) is 11.5 Å². The predicted octanol–water partition coefficient (Wildman–Crippen LogP) is 4.48. The van der Waals surface area contributed by atoms with Crippen LogP contribution in [-0.4, -0.2) is 76.2 Å². The van der Waals surface area contributed by atoms with Crippen LogP contribution in [0.1, 0.15) is 11.1 Å². The minimum absolute atomic E-state index is 0. The maximum atomic E-state index is 13.2. The highest BCUT2D eigenvalue weighted by molar-refractivity contribution is 8.13. The zero-order valence-corrected chi connectivity index (χ0v) is 29.9. The molecule has 6 rings (SSSR count). The molecule has 17 heteroatoms. The summed E-state index contributed by atoms with van der Waals surface area (Å²) in [5, 5.41) is 4.01. The number of halogens is 2. The van der Waals surface area contributed by atoms with Crippen molar-refractivity contribution in [2.75, 3.05) is 48.4 Å². The van der Waals surface area contributed by atoms with Gasteiger partial charge in [-0.2, -0.15) is 0 Å². The van der Waals surface area contributed by atoms with Crippen LogP contribution in [0.4, 0.5) is 11.4 Å². The van der Waals surface area contributed by atoms with Gasteiger partial charge in [-0.15, -0.1) is 12.4 Å². The molecule has 12 nitrogen and oxygen atoms in total. The molecule has 3 aromatic carbocycles. The van der Waals surface area contributed by atoms with Crippen LogP contribution in [0.15, 0.2) is 75.1 Å². The molecule has 0 radical (unpaired) electrons. The number of fused-ring (bicyclic) bond motifs is 2. The van der Waals surface area contributed by atoms with Gasteiger partial charge in [-0.25, -0.2) is 25.3 Å². The number of anilines is 2. The van der Waals surface area contributed by atoms with Crippen LogP contribution in [-0.2, 0) is 28.9 Å². The Morgan fingerprint density at radius 2 is 1.53 bits per heavy atom. The van der Waals surface area contributed by atoms with Crippen LogP contribution in [0.2, 0.25) is 0 Å². The van der Waals surface area contributed by atoms with Gasteiger partial charge >= 0.3 is 0 Å². The molecule has 256 valence electrons. The van der Waals surface area contributed by atoms with E-state index < -0.39 is 28.9 Å². The van der Waals surface area contributed by atoms with Gasteiger partial charge in [0.05, 0.1) is 49.4 Å². The molecular weight excluding hydrogens is 713 g/mol. The van der Waals surface area contributed by atoms with E-state index in [2.05, 4.69) is 10.0 Å². The van der Waals surface area contributed by atoms with E-state index in [-0.39, 0.29) is 57.3 Å². The maximum absolute atomic E-state index is 13.2. The zero-order valence-electron chi connectivity index (χ0n) is 25.9. The first-order chi connectivity index (χ1) is 21.6. The number of nitrogens with zero attached hydrogens (tertiary/aromatic N) is 1. The lowest BCUT2D eigenvalue weighted by molar-refractivity contribution is 0.402. The Kier molecular flexibility index (Phi) is 11.0. The molecule has 2 saturated heterocycles. The van der Waals surface area contributed by atoms with Crippen LogP contribution in [0.25, 0.3) is 11.0 Å². The van der Waals surface area contributed by atoms with Crippen LogP contribution in [0.3, 0.4) is 0 Å². The number of nitrogens with one attached hydrogen (secondary N) is 2. The first-order valence-electron chi connectivity index (χ1n) is 14.1. The smallest absolute Gasteiger partial charge is 0.265 e. The van der Waals surface area contributed by atoms with Crippen LogP contribution < -0.4 is 24.4 Å². The van der Waals surface area contributed by atoms with Crippen molar-refractivity contribution in [3.63, 3.8) is 0 Å². The molecule has 2 atom stereocenters. The molecule has 2 aliphatic heterocycles. The third kappa shape index (κ3) is 8.09. The second kappa shape index (κ2) is 14.1. The van der Waals surface area contributed by atoms with E-state index in [0.29, 0.717) is 30.0 Å². The van der Waals surface area contributed by atoms with Gasteiger partial charge < -0.3 is 24.1 Å². The number of furan rings is 1. The van der Waals surface area contributed by atoms with Gasteiger partial charge in [0, 0.05) is 35.2 Å². The molecule has 47 heavy (non-hydrogen) atoms. The summed E-state index contributed by atoms with van der Waals surface area (Å²) >= 11 is 0. The lowest BCUT2D eigenvalue weighted by Gasteiger charge is -2.39. The molecule has 0 bridgehead atoms. The summed E-state index contributed by atoms with van der Waals surface area (Å²) in [6.07, 6.45) is 1.54. The van der Waals surface area contributed by atoms with Crippen molar-refractivity contribution in [2.45, 2.75) is 35.7 Å². The van der Waals surface area contributed by atoms with E-state index in [1.165, 1.54) is 20.3 Å². The van der Waals surface area contributed by atoms with Gasteiger partial charge in [0.2, 0.25) is 0 Å². The standard InChI is InChI=1S/C22H25N3O6S2.C8H9ClO3S.ClH/c1-14-3-4-20(30-2)21(9-14)33(28,29)24-16-10-15-5-8-31-22(15)18(11-16)25-7-6-23-17-12-32(26,27)13-19(17)25;1-6-3-4-7(12-2)8(5-6)13(9,10)11;/h3-5,8-11,17,19,23-24H,6-7,12-13H2,1-2H3;3-5H,1-2H3;1H. The Hall–Kier alpha value is -3.21. The van der Waals surface area contributed by atoms with E-state index in [4.69, 9.17) is 24.6 Å². The van der Waals surface area contributed by atoms with Gasteiger partial charge in [-0.1, -0.05) is 12.1 Å². The topological polar surface area (TPSA) is 161 Å². The number of hydrogen-bond acceptors (Lipinski definition) is 11. The molecule has 2 aliphatic rings. The van der Waals surface area contributed by atoms with Gasteiger partial charge in [0.25, 0.3) is 19.1 Å². The number of methoxy groups -OCH3 is 2. The van der Waals surface area contributed by atoms with Crippen molar-refractivity contribution < 1.29 is 39.1 Å². The van der Waals surface area contributed by atoms with Gasteiger partial charge in [-0.05, 0) is 67.4 Å². The second-order valence-electron chi connectivity index (χ2n) is 11.1. The Morgan fingerprint density at radius 1 is 0.915 bits per heavy atom. The van der Waals surface area contributed by atoms with Gasteiger partial charge in [-0.3, -0.25) is 4.72 Å².